The first kappa shape index (κ1) is 78.1. The third kappa shape index (κ3) is 21.3. The predicted octanol–water partition coefficient (Wildman–Crippen LogP) is 4.02. The summed E-state index contributed by atoms with van der Waals surface area (Å²) in [5.41, 5.74) is 2.38. The van der Waals surface area contributed by atoms with Crippen molar-refractivity contribution >= 4 is 94.1 Å². The van der Waals surface area contributed by atoms with Crippen LogP contribution in [0, 0.1) is 11.8 Å². The van der Waals surface area contributed by atoms with E-state index in [0.29, 0.717) is 64.7 Å². The Hall–Kier alpha value is -8.90. The normalized spacial score (nSPS) is 23.4. The number of carbonyl (C=O) groups excluding carboxylic acids is 12. The summed E-state index contributed by atoms with van der Waals surface area (Å²) in [5, 5.41) is 12.0. The highest BCUT2D eigenvalue weighted by Crippen LogP contribution is 2.23. The maximum atomic E-state index is 15.6. The smallest absolute Gasteiger partial charge is 0.246 e. The molecule has 4 aromatic rings. The Kier molecular flexibility index (Phi) is 29.2. The highest BCUT2D eigenvalue weighted by atomic mass is 35.5. The minimum absolute atomic E-state index is 0.0549. The molecule has 530 valence electrons. The van der Waals surface area contributed by atoms with Crippen LogP contribution in [0.1, 0.15) is 89.5 Å². The minimum atomic E-state index is -1.48. The summed E-state index contributed by atoms with van der Waals surface area (Å²) in [6.07, 6.45) is 0.746. The SMILES string of the molecule is CC[C@H](C)[C@@H]1NC(=O)[C@H](C)N(C)C(=O)CC(C(=O)N2CCCC2)NC(=O)[C@H](C(C)C)N(C)C(=O)[C@H](Cc2ccccc2)N(C)C(=O)[C@H](Cc2ccccc2)NC(=O)[C@H](Cc2cccc(Cl)c2)NC(=O)CN(CC)C(=O)[C@H](Cc2ccc(Cl)cc2)N(C)C(=O)CN(C)C(=O)CN(C)C1=O. The number of carbonyl (C=O) groups is 12. The Morgan fingerprint density at radius 1 is 0.500 bits per heavy atom. The number of nitrogens with one attached hydrogen (secondary N) is 4. The molecule has 2 fully saturated rings. The average Bonchev–Trinajstić information content (AvgIpc) is 0.854. The van der Waals surface area contributed by atoms with Crippen LogP contribution in [0.4, 0.5) is 0 Å². The van der Waals surface area contributed by atoms with Crippen molar-refractivity contribution in [3.05, 3.63) is 141 Å². The van der Waals surface area contributed by atoms with Gasteiger partial charge in [-0.15, -0.1) is 0 Å². The predicted molar refractivity (Wildman–Crippen MR) is 372 cm³/mol. The second-order valence-electron chi connectivity index (χ2n) is 26.0. The van der Waals surface area contributed by atoms with Gasteiger partial charge in [0.25, 0.3) is 0 Å². The highest BCUT2D eigenvalue weighted by Gasteiger charge is 2.42. The molecule has 0 spiro atoms. The first-order chi connectivity index (χ1) is 46.4. The monoisotopic (exact) mass is 1390 g/mol. The molecule has 6 rings (SSSR count). The number of hydrogen-bond donors (Lipinski definition) is 4. The van der Waals surface area contributed by atoms with E-state index >= 15 is 24.0 Å². The zero-order valence-corrected chi connectivity index (χ0v) is 59.8. The van der Waals surface area contributed by atoms with Crippen molar-refractivity contribution in [3.8, 4) is 0 Å². The molecule has 0 aromatic heterocycles. The van der Waals surface area contributed by atoms with Crippen LogP contribution >= 0.6 is 23.2 Å². The van der Waals surface area contributed by atoms with E-state index < -0.39 is 157 Å². The van der Waals surface area contributed by atoms with E-state index in [2.05, 4.69) is 21.3 Å². The fourth-order valence-corrected chi connectivity index (χ4v) is 12.4. The molecule has 2 heterocycles. The molecule has 2 aliphatic rings. The van der Waals surface area contributed by atoms with E-state index in [9.17, 15) is 33.6 Å². The van der Waals surface area contributed by atoms with E-state index in [1.165, 1.54) is 68.8 Å². The van der Waals surface area contributed by atoms with E-state index in [0.717, 1.165) is 14.7 Å². The van der Waals surface area contributed by atoms with Crippen LogP contribution in [0.2, 0.25) is 10.0 Å². The quantitative estimate of drug-likeness (QED) is 0.148. The van der Waals surface area contributed by atoms with Crippen LogP contribution in [0.5, 0.6) is 0 Å². The van der Waals surface area contributed by atoms with E-state index in [1.54, 1.807) is 142 Å². The lowest BCUT2D eigenvalue weighted by molar-refractivity contribution is -0.150. The highest BCUT2D eigenvalue weighted by molar-refractivity contribution is 6.31. The van der Waals surface area contributed by atoms with Crippen molar-refractivity contribution in [1.82, 2.24) is 60.5 Å². The van der Waals surface area contributed by atoms with Crippen molar-refractivity contribution in [2.75, 3.05) is 81.6 Å². The Labute approximate surface area is 585 Å². The lowest BCUT2D eigenvalue weighted by Crippen LogP contribution is -2.61. The van der Waals surface area contributed by atoms with Gasteiger partial charge in [0.15, 0.2) is 0 Å². The summed E-state index contributed by atoms with van der Waals surface area (Å²) < 4.78 is 0. The molecule has 9 atom stereocenters. The first-order valence-corrected chi connectivity index (χ1v) is 34.1. The third-order valence-corrected chi connectivity index (χ3v) is 19.0. The topological polar surface area (TPSA) is 279 Å². The van der Waals surface area contributed by atoms with E-state index in [4.69, 9.17) is 23.2 Å². The molecule has 2 aliphatic heterocycles. The molecule has 98 heavy (non-hydrogen) atoms. The Morgan fingerprint density at radius 3 is 1.62 bits per heavy atom. The fraction of sp³-hybridized carbons (Fsp3) is 0.500. The van der Waals surface area contributed by atoms with Crippen LogP contribution in [0.15, 0.2) is 109 Å². The van der Waals surface area contributed by atoms with Gasteiger partial charge in [-0.3, -0.25) is 57.5 Å². The zero-order valence-electron chi connectivity index (χ0n) is 58.3. The van der Waals surface area contributed by atoms with Gasteiger partial charge in [0, 0.05) is 97.6 Å². The van der Waals surface area contributed by atoms with Gasteiger partial charge in [0.05, 0.1) is 26.1 Å². The van der Waals surface area contributed by atoms with Crippen molar-refractivity contribution < 1.29 is 57.5 Å². The van der Waals surface area contributed by atoms with Gasteiger partial charge in [-0.25, -0.2) is 0 Å². The van der Waals surface area contributed by atoms with E-state index in [-0.39, 0.29) is 32.2 Å². The number of benzene rings is 4. The van der Waals surface area contributed by atoms with Crippen molar-refractivity contribution in [3.63, 3.8) is 0 Å². The Balaban J connectivity index is 1.46. The molecule has 2 saturated heterocycles. The van der Waals surface area contributed by atoms with Gasteiger partial charge in [-0.1, -0.05) is 142 Å². The summed E-state index contributed by atoms with van der Waals surface area (Å²) in [6, 6.07) is 20.2. The summed E-state index contributed by atoms with van der Waals surface area (Å²) in [5.74, 6) is -9.61. The molecule has 24 nitrogen and oxygen atoms in total. The van der Waals surface area contributed by atoms with E-state index in [1.807, 2.05) is 6.92 Å². The third-order valence-electron chi connectivity index (χ3n) is 18.5. The molecular formula is C72H96Cl2N12O12. The second-order valence-corrected chi connectivity index (χ2v) is 26.9. The van der Waals surface area contributed by atoms with Gasteiger partial charge in [0.2, 0.25) is 70.9 Å². The van der Waals surface area contributed by atoms with Crippen molar-refractivity contribution in [1.29, 1.82) is 0 Å². The van der Waals surface area contributed by atoms with Crippen molar-refractivity contribution in [2.45, 2.75) is 141 Å². The van der Waals surface area contributed by atoms with Gasteiger partial charge in [-0.2, -0.15) is 0 Å². The number of likely N-dealkylation sites (tertiary alicyclic amines) is 1. The van der Waals surface area contributed by atoms with Crippen molar-refractivity contribution in [2.24, 2.45) is 11.8 Å². The van der Waals surface area contributed by atoms with Crippen LogP contribution in [0.3, 0.4) is 0 Å². The molecule has 0 bridgehead atoms. The molecule has 0 saturated carbocycles. The Bertz CT molecular complexity index is 3470. The largest absolute Gasteiger partial charge is 0.342 e. The lowest BCUT2D eigenvalue weighted by Gasteiger charge is -2.38. The summed E-state index contributed by atoms with van der Waals surface area (Å²) in [4.78, 5) is 187. The van der Waals surface area contributed by atoms with Crippen LogP contribution in [-0.2, 0) is 83.2 Å². The number of amides is 12. The molecule has 12 amide bonds. The number of nitrogens with zero attached hydrogens (tertiary/aromatic N) is 8. The fourth-order valence-electron chi connectivity index (χ4n) is 12.1. The number of likely N-dealkylation sites (N-methyl/N-ethyl adjacent to an activating group) is 7. The zero-order chi connectivity index (χ0) is 72.2. The molecule has 26 heteroatoms. The number of rotatable bonds is 13. The lowest BCUT2D eigenvalue weighted by atomic mass is 9.97. The average molecular weight is 1390 g/mol. The van der Waals surface area contributed by atoms with Gasteiger partial charge in [0.1, 0.15) is 48.3 Å². The first-order valence-electron chi connectivity index (χ1n) is 33.3. The number of halogens is 2. The Morgan fingerprint density at radius 2 is 1.05 bits per heavy atom. The van der Waals surface area contributed by atoms with Gasteiger partial charge >= 0.3 is 0 Å². The molecule has 0 aliphatic carbocycles. The molecule has 0 radical (unpaired) electrons. The van der Waals surface area contributed by atoms with Gasteiger partial charge < -0.3 is 60.5 Å². The summed E-state index contributed by atoms with van der Waals surface area (Å²) in [7, 11) is 8.31. The molecular weight excluding hydrogens is 1300 g/mol. The minimum Gasteiger partial charge on any atom is -0.342 e. The van der Waals surface area contributed by atoms with Crippen LogP contribution in [-0.4, -0.2) is 240 Å². The summed E-state index contributed by atoms with van der Waals surface area (Å²) in [6.45, 7) is 8.97. The standard InChI is InChI=1S/C72H96Cl2N12O12/c1-13-46(5)63-72(98)80(8)43-61(89)79(7)44-62(90)82(10)58(40-50-30-32-52(73)33-31-50)71(97)85(14-2)42-59(87)75-54(38-51-28-23-29-53(74)36-51)66(92)76-55(37-48-24-17-15-18-25-48)68(94)83(11)57(39-49-26-19-16-20-27-49)70(96)84(12)64(45(3)4)67(93)77-56(69(95)86-34-21-22-35-86)41-60(88)81(9)47(6)65(91)78-63/h15-20,23-33,36,45-47,54-58,63-64H,13-14,21-22,34-35,37-44H2,1-12H3,(H,75,87)(H,76,92)(H,77,93)(H,78,91)/t46-,47-,54-,55-,56?,57-,58-,63-,64-/m0/s1. The van der Waals surface area contributed by atoms with Crippen LogP contribution in [0.25, 0.3) is 0 Å². The molecule has 4 aromatic carbocycles. The second kappa shape index (κ2) is 36.6. The number of hydrogen-bond acceptors (Lipinski definition) is 12. The molecule has 1 unspecified atom stereocenters. The maximum Gasteiger partial charge on any atom is 0.246 e. The summed E-state index contributed by atoms with van der Waals surface area (Å²) >= 11 is 12.7. The van der Waals surface area contributed by atoms with Crippen LogP contribution < -0.4 is 21.3 Å². The maximum absolute atomic E-state index is 15.6. The molecule has 4 N–H and O–H groups in total. The van der Waals surface area contributed by atoms with Gasteiger partial charge in [-0.05, 0) is 85.0 Å².